The van der Waals surface area contributed by atoms with Gasteiger partial charge in [-0.1, -0.05) is 19.1 Å². The highest BCUT2D eigenvalue weighted by Crippen LogP contribution is 2.17. The zero-order chi connectivity index (χ0) is 13.5. The number of thiocarbonyl (C=S) groups is 1. The first-order chi connectivity index (χ1) is 8.58. The molecule has 4 nitrogen and oxygen atoms in total. The van der Waals surface area contributed by atoms with Crippen molar-refractivity contribution in [2.75, 3.05) is 11.9 Å². The first kappa shape index (κ1) is 14.4. The summed E-state index contributed by atoms with van der Waals surface area (Å²) < 4.78 is 5.32. The van der Waals surface area contributed by atoms with Gasteiger partial charge in [-0.3, -0.25) is 4.79 Å². The second-order valence-corrected chi connectivity index (χ2v) is 4.28. The molecule has 0 fully saturated rings. The van der Waals surface area contributed by atoms with Crippen molar-refractivity contribution >= 4 is 28.8 Å². The fourth-order valence-electron chi connectivity index (χ4n) is 1.55. The van der Waals surface area contributed by atoms with Gasteiger partial charge >= 0.3 is 0 Å². The van der Waals surface area contributed by atoms with E-state index in [9.17, 15) is 4.79 Å². The highest BCUT2D eigenvalue weighted by molar-refractivity contribution is 7.80. The number of hydrogen-bond donors (Lipinski definition) is 2. The Hall–Kier alpha value is -1.62. The van der Waals surface area contributed by atoms with Gasteiger partial charge in [-0.15, -0.1) is 0 Å². The van der Waals surface area contributed by atoms with Crippen molar-refractivity contribution in [3.05, 3.63) is 24.3 Å². The Morgan fingerprint density at radius 1 is 1.39 bits per heavy atom. The second-order valence-electron chi connectivity index (χ2n) is 3.81. The predicted molar refractivity (Wildman–Crippen MR) is 76.8 cm³/mol. The Morgan fingerprint density at radius 3 is 2.44 bits per heavy atom. The van der Waals surface area contributed by atoms with Crippen molar-refractivity contribution in [3.8, 4) is 5.75 Å². The average Bonchev–Trinajstić information content (AvgIpc) is 2.32. The third-order valence-corrected chi connectivity index (χ3v) is 2.79. The van der Waals surface area contributed by atoms with Gasteiger partial charge in [-0.25, -0.2) is 0 Å². The molecule has 0 saturated heterocycles. The number of nitrogens with one attached hydrogen (secondary N) is 1. The lowest BCUT2D eigenvalue weighted by atomic mass is 10.1. The number of carbonyl (C=O) groups is 1. The van der Waals surface area contributed by atoms with E-state index in [1.807, 2.05) is 13.8 Å². The summed E-state index contributed by atoms with van der Waals surface area (Å²) in [5, 5.41) is 2.78. The van der Waals surface area contributed by atoms with Gasteiger partial charge in [0.1, 0.15) is 5.75 Å². The van der Waals surface area contributed by atoms with E-state index < -0.39 is 5.92 Å². The summed E-state index contributed by atoms with van der Waals surface area (Å²) in [4.78, 5) is 12.1. The SMILES string of the molecule is CCOc1ccc(NC(=O)C(CC)C(N)=S)cc1. The maximum atomic E-state index is 11.9. The molecule has 1 unspecified atom stereocenters. The maximum Gasteiger partial charge on any atom is 0.234 e. The summed E-state index contributed by atoms with van der Waals surface area (Å²) in [7, 11) is 0. The van der Waals surface area contributed by atoms with Crippen LogP contribution in [0.1, 0.15) is 20.3 Å². The van der Waals surface area contributed by atoms with E-state index in [2.05, 4.69) is 5.32 Å². The topological polar surface area (TPSA) is 64.3 Å². The molecule has 1 aromatic carbocycles. The molecule has 98 valence electrons. The summed E-state index contributed by atoms with van der Waals surface area (Å²) in [5.74, 6) is 0.178. The van der Waals surface area contributed by atoms with Crippen LogP contribution in [-0.4, -0.2) is 17.5 Å². The van der Waals surface area contributed by atoms with E-state index >= 15 is 0 Å². The molecule has 0 radical (unpaired) electrons. The van der Waals surface area contributed by atoms with Crippen molar-refractivity contribution in [1.82, 2.24) is 0 Å². The van der Waals surface area contributed by atoms with Crippen LogP contribution in [-0.2, 0) is 4.79 Å². The van der Waals surface area contributed by atoms with Crippen LogP contribution in [0, 0.1) is 5.92 Å². The lowest BCUT2D eigenvalue weighted by Gasteiger charge is -2.13. The molecule has 1 amide bonds. The summed E-state index contributed by atoms with van der Waals surface area (Å²) in [5.41, 5.74) is 6.22. The lowest BCUT2D eigenvalue weighted by molar-refractivity contribution is -0.118. The molecule has 0 saturated carbocycles. The molecule has 0 aromatic heterocycles. The molecule has 0 aliphatic heterocycles. The number of anilines is 1. The molecule has 1 aromatic rings. The van der Waals surface area contributed by atoms with E-state index in [1.54, 1.807) is 24.3 Å². The summed E-state index contributed by atoms with van der Waals surface area (Å²) in [6.07, 6.45) is 0.595. The van der Waals surface area contributed by atoms with Gasteiger partial charge in [0.15, 0.2) is 0 Å². The van der Waals surface area contributed by atoms with Gasteiger partial charge in [0.25, 0.3) is 0 Å². The number of hydrogen-bond acceptors (Lipinski definition) is 3. The standard InChI is InChI=1S/C13H18N2O2S/c1-3-11(12(14)18)13(16)15-9-5-7-10(8-6-9)17-4-2/h5-8,11H,3-4H2,1-2H3,(H2,14,18)(H,15,16). The van der Waals surface area contributed by atoms with Crippen molar-refractivity contribution in [2.24, 2.45) is 11.7 Å². The molecule has 1 atom stereocenters. The van der Waals surface area contributed by atoms with Crippen LogP contribution in [0.3, 0.4) is 0 Å². The first-order valence-electron chi connectivity index (χ1n) is 5.91. The smallest absolute Gasteiger partial charge is 0.234 e. The number of benzene rings is 1. The molecule has 0 spiro atoms. The minimum absolute atomic E-state index is 0.172. The minimum atomic E-state index is -0.424. The quantitative estimate of drug-likeness (QED) is 0.776. The Balaban J connectivity index is 2.66. The lowest BCUT2D eigenvalue weighted by Crippen LogP contribution is -2.32. The largest absolute Gasteiger partial charge is 0.494 e. The maximum absolute atomic E-state index is 11.9. The van der Waals surface area contributed by atoms with E-state index in [0.717, 1.165) is 5.75 Å². The summed E-state index contributed by atoms with van der Waals surface area (Å²) in [6.45, 7) is 4.41. The molecule has 1 rings (SSSR count). The highest BCUT2D eigenvalue weighted by atomic mass is 32.1. The van der Waals surface area contributed by atoms with Crippen molar-refractivity contribution in [3.63, 3.8) is 0 Å². The van der Waals surface area contributed by atoms with Crippen molar-refractivity contribution in [1.29, 1.82) is 0 Å². The van der Waals surface area contributed by atoms with E-state index in [4.69, 9.17) is 22.7 Å². The Morgan fingerprint density at radius 2 is 2.00 bits per heavy atom. The molecule has 0 aliphatic rings. The fraction of sp³-hybridized carbons (Fsp3) is 0.385. The first-order valence-corrected chi connectivity index (χ1v) is 6.32. The van der Waals surface area contributed by atoms with Crippen LogP contribution in [0.4, 0.5) is 5.69 Å². The Kier molecular flexibility index (Phi) is 5.58. The summed E-state index contributed by atoms with van der Waals surface area (Å²) in [6, 6.07) is 7.19. The number of carbonyl (C=O) groups excluding carboxylic acids is 1. The third-order valence-electron chi connectivity index (χ3n) is 2.50. The van der Waals surface area contributed by atoms with Gasteiger partial charge in [0.05, 0.1) is 17.5 Å². The highest BCUT2D eigenvalue weighted by Gasteiger charge is 2.19. The van der Waals surface area contributed by atoms with Crippen LogP contribution in [0.25, 0.3) is 0 Å². The van der Waals surface area contributed by atoms with Gasteiger partial charge in [-0.05, 0) is 37.6 Å². The normalized spacial score (nSPS) is 11.7. The second kappa shape index (κ2) is 6.96. The van der Waals surface area contributed by atoms with Gasteiger partial charge in [0.2, 0.25) is 5.91 Å². The number of rotatable bonds is 6. The van der Waals surface area contributed by atoms with Crippen LogP contribution < -0.4 is 15.8 Å². The molecule has 0 heterocycles. The molecule has 0 aliphatic carbocycles. The average molecular weight is 266 g/mol. The van der Waals surface area contributed by atoms with E-state index in [1.165, 1.54) is 0 Å². The molecule has 18 heavy (non-hydrogen) atoms. The zero-order valence-corrected chi connectivity index (χ0v) is 11.4. The predicted octanol–water partition coefficient (Wildman–Crippen LogP) is 2.34. The number of ether oxygens (including phenoxy) is 1. The Bertz CT molecular complexity index is 418. The fourth-order valence-corrected chi connectivity index (χ4v) is 1.82. The van der Waals surface area contributed by atoms with Crippen LogP contribution in [0.5, 0.6) is 5.75 Å². The van der Waals surface area contributed by atoms with Crippen molar-refractivity contribution < 1.29 is 9.53 Å². The monoisotopic (exact) mass is 266 g/mol. The number of nitrogens with two attached hydrogens (primary N) is 1. The molecule has 0 bridgehead atoms. The van der Waals surface area contributed by atoms with E-state index in [-0.39, 0.29) is 10.9 Å². The third kappa shape index (κ3) is 4.00. The number of amides is 1. The minimum Gasteiger partial charge on any atom is -0.494 e. The summed E-state index contributed by atoms with van der Waals surface area (Å²) >= 11 is 4.86. The van der Waals surface area contributed by atoms with Crippen molar-refractivity contribution in [2.45, 2.75) is 20.3 Å². The zero-order valence-electron chi connectivity index (χ0n) is 10.6. The van der Waals surface area contributed by atoms with Crippen LogP contribution in [0.15, 0.2) is 24.3 Å². The Labute approximate surface area is 113 Å². The molecule has 5 heteroatoms. The van der Waals surface area contributed by atoms with Crippen LogP contribution >= 0.6 is 12.2 Å². The van der Waals surface area contributed by atoms with Crippen LogP contribution in [0.2, 0.25) is 0 Å². The van der Waals surface area contributed by atoms with E-state index in [0.29, 0.717) is 18.7 Å². The molecule has 3 N–H and O–H groups in total. The molecular weight excluding hydrogens is 248 g/mol. The van der Waals surface area contributed by atoms with Gasteiger partial charge in [0, 0.05) is 5.69 Å². The van der Waals surface area contributed by atoms with Gasteiger partial charge < -0.3 is 15.8 Å². The molecular formula is C13H18N2O2S. The van der Waals surface area contributed by atoms with Gasteiger partial charge in [-0.2, -0.15) is 0 Å².